The number of para-hydroxylation sites is 1. The highest BCUT2D eigenvalue weighted by molar-refractivity contribution is 14.1. The monoisotopic (exact) mass is 553 g/mol. The molecule has 0 bridgehead atoms. The zero-order chi connectivity index (χ0) is 22.9. The number of hydrogen-bond donors (Lipinski definition) is 1. The van der Waals surface area contributed by atoms with Crippen LogP contribution in [0, 0.1) is 9.39 Å². The zero-order valence-corrected chi connectivity index (χ0v) is 20.1. The Labute approximate surface area is 204 Å². The van der Waals surface area contributed by atoms with Gasteiger partial charge in [-0.3, -0.25) is 14.5 Å². The maximum atomic E-state index is 15.4. The fourth-order valence-corrected chi connectivity index (χ4v) is 6.08. The summed E-state index contributed by atoms with van der Waals surface area (Å²) in [6, 6.07) is 17.0. The number of fused-ring (bicyclic) bond motifs is 3. The molecule has 3 heterocycles. The van der Waals surface area contributed by atoms with E-state index in [0.29, 0.717) is 12.0 Å². The summed E-state index contributed by atoms with van der Waals surface area (Å²) in [6.45, 7) is 1.06. The van der Waals surface area contributed by atoms with Gasteiger partial charge in [-0.25, -0.2) is 4.39 Å². The summed E-state index contributed by atoms with van der Waals surface area (Å²) in [5.41, 5.74) is 5.13. The lowest BCUT2D eigenvalue weighted by atomic mass is 9.80. The Morgan fingerprint density at radius 2 is 1.91 bits per heavy atom. The molecule has 0 saturated carbocycles. The first-order valence-corrected chi connectivity index (χ1v) is 12.0. The molecule has 3 aromatic rings. The smallest absolute Gasteiger partial charge is 0.252 e. The lowest BCUT2D eigenvalue weighted by molar-refractivity contribution is -0.137. The van der Waals surface area contributed by atoms with Gasteiger partial charge in [-0.15, -0.1) is 0 Å². The quantitative estimate of drug-likeness (QED) is 0.480. The molecule has 166 valence electrons. The number of anilines is 2. The molecule has 7 heteroatoms. The SMILES string of the molecule is CN1CCC12C(=O)N(Cc1c(F)cc(-c3ccc4c(c3)CC(=O)N4)cc1I)c1ccccc12. The van der Waals surface area contributed by atoms with Crippen molar-refractivity contribution < 1.29 is 14.0 Å². The molecule has 3 aliphatic rings. The third-order valence-electron chi connectivity index (χ3n) is 7.22. The standard InChI is InChI=1S/C26H21FIN3O2/c1-30-9-8-26(30)19-4-2-3-5-23(19)31(25(26)33)14-18-20(27)11-16(12-21(18)28)15-6-7-22-17(10-15)13-24(32)29-22/h2-7,10-12H,8-9,13-14H2,1H3,(H,29,32). The summed E-state index contributed by atoms with van der Waals surface area (Å²) in [5, 5.41) is 2.82. The van der Waals surface area contributed by atoms with Crippen molar-refractivity contribution in [1.29, 1.82) is 0 Å². The molecule has 3 aromatic carbocycles. The van der Waals surface area contributed by atoms with Gasteiger partial charge in [-0.1, -0.05) is 24.3 Å². The number of carbonyl (C=O) groups is 2. The maximum absolute atomic E-state index is 15.4. The minimum absolute atomic E-state index is 0.0208. The van der Waals surface area contributed by atoms with E-state index in [1.807, 2.05) is 55.6 Å². The van der Waals surface area contributed by atoms with Crippen LogP contribution in [-0.4, -0.2) is 30.3 Å². The minimum atomic E-state index is -0.617. The second-order valence-electron chi connectivity index (χ2n) is 8.96. The van der Waals surface area contributed by atoms with Gasteiger partial charge in [0.25, 0.3) is 5.91 Å². The van der Waals surface area contributed by atoms with E-state index in [1.165, 1.54) is 6.07 Å². The first-order chi connectivity index (χ1) is 15.9. The van der Waals surface area contributed by atoms with Crippen molar-refractivity contribution in [2.24, 2.45) is 0 Å². The molecule has 3 aliphatic heterocycles. The molecule has 0 aromatic heterocycles. The van der Waals surface area contributed by atoms with Crippen LogP contribution in [0.1, 0.15) is 23.1 Å². The van der Waals surface area contributed by atoms with E-state index in [0.717, 1.165) is 50.2 Å². The number of amides is 2. The van der Waals surface area contributed by atoms with Crippen molar-refractivity contribution in [1.82, 2.24) is 4.90 Å². The Balaban J connectivity index is 1.35. The number of hydrogen-bond acceptors (Lipinski definition) is 3. The first kappa shape index (κ1) is 20.8. The minimum Gasteiger partial charge on any atom is -0.326 e. The number of rotatable bonds is 3. The van der Waals surface area contributed by atoms with Crippen LogP contribution < -0.4 is 10.2 Å². The van der Waals surface area contributed by atoms with Crippen molar-refractivity contribution in [3.63, 3.8) is 0 Å². The van der Waals surface area contributed by atoms with E-state index in [-0.39, 0.29) is 24.2 Å². The van der Waals surface area contributed by atoms with Gasteiger partial charge in [-0.05, 0) is 83.1 Å². The first-order valence-electron chi connectivity index (χ1n) is 10.9. The van der Waals surface area contributed by atoms with Gasteiger partial charge in [0, 0.05) is 32.6 Å². The number of likely N-dealkylation sites (tertiary alicyclic amines) is 1. The van der Waals surface area contributed by atoms with Gasteiger partial charge in [0.05, 0.1) is 13.0 Å². The van der Waals surface area contributed by atoms with Crippen LogP contribution in [0.2, 0.25) is 0 Å². The van der Waals surface area contributed by atoms with Crippen molar-refractivity contribution in [3.8, 4) is 11.1 Å². The summed E-state index contributed by atoms with van der Waals surface area (Å²) in [6.07, 6.45) is 1.12. The van der Waals surface area contributed by atoms with Crippen molar-refractivity contribution in [2.45, 2.75) is 24.9 Å². The van der Waals surface area contributed by atoms with E-state index in [2.05, 4.69) is 32.8 Å². The predicted molar refractivity (Wildman–Crippen MR) is 133 cm³/mol. The Hall–Kier alpha value is -2.78. The molecule has 5 nitrogen and oxygen atoms in total. The molecule has 1 atom stereocenters. The van der Waals surface area contributed by atoms with E-state index in [1.54, 1.807) is 4.90 Å². The highest BCUT2D eigenvalue weighted by atomic mass is 127. The highest BCUT2D eigenvalue weighted by Gasteiger charge is 2.58. The molecule has 1 saturated heterocycles. The molecule has 0 radical (unpaired) electrons. The van der Waals surface area contributed by atoms with E-state index < -0.39 is 5.54 Å². The van der Waals surface area contributed by atoms with Gasteiger partial charge >= 0.3 is 0 Å². The molecular weight excluding hydrogens is 532 g/mol. The number of benzene rings is 3. The number of likely N-dealkylation sites (N-methyl/N-ethyl adjacent to an activating group) is 1. The van der Waals surface area contributed by atoms with Crippen molar-refractivity contribution in [2.75, 3.05) is 23.8 Å². The maximum Gasteiger partial charge on any atom is 0.252 e. The molecule has 1 spiro atoms. The average molecular weight is 553 g/mol. The Bertz CT molecular complexity index is 1330. The van der Waals surface area contributed by atoms with Crippen LogP contribution in [0.25, 0.3) is 11.1 Å². The number of nitrogens with zero attached hydrogens (tertiary/aromatic N) is 2. The summed E-state index contributed by atoms with van der Waals surface area (Å²) < 4.78 is 16.2. The van der Waals surface area contributed by atoms with E-state index >= 15 is 4.39 Å². The lowest BCUT2D eigenvalue weighted by Gasteiger charge is -2.47. The topological polar surface area (TPSA) is 52.7 Å². The molecule has 1 N–H and O–H groups in total. The molecular formula is C26H21FIN3O2. The third-order valence-corrected chi connectivity index (χ3v) is 8.18. The van der Waals surface area contributed by atoms with Crippen LogP contribution in [-0.2, 0) is 28.1 Å². The largest absolute Gasteiger partial charge is 0.326 e. The number of carbonyl (C=O) groups excluding carboxylic acids is 2. The van der Waals surface area contributed by atoms with E-state index in [9.17, 15) is 9.59 Å². The van der Waals surface area contributed by atoms with Crippen LogP contribution in [0.5, 0.6) is 0 Å². The van der Waals surface area contributed by atoms with Crippen LogP contribution in [0.15, 0.2) is 54.6 Å². The summed E-state index contributed by atoms with van der Waals surface area (Å²) in [5.74, 6) is -0.337. The average Bonchev–Trinajstić information content (AvgIpc) is 3.29. The second-order valence-corrected chi connectivity index (χ2v) is 10.1. The number of halogens is 2. The van der Waals surface area contributed by atoms with Gasteiger partial charge in [0.15, 0.2) is 0 Å². The van der Waals surface area contributed by atoms with Gasteiger partial charge in [0.2, 0.25) is 5.91 Å². The zero-order valence-electron chi connectivity index (χ0n) is 18.0. The fourth-order valence-electron chi connectivity index (χ4n) is 5.32. The van der Waals surface area contributed by atoms with Crippen LogP contribution >= 0.6 is 22.6 Å². The summed E-state index contributed by atoms with van der Waals surface area (Å²) in [7, 11) is 1.97. The fraction of sp³-hybridized carbons (Fsp3) is 0.231. The third kappa shape index (κ3) is 2.98. The normalized spacial score (nSPS) is 21.2. The Morgan fingerprint density at radius 1 is 1.09 bits per heavy atom. The Kier molecular flexibility index (Phi) is 4.64. The van der Waals surface area contributed by atoms with Crippen molar-refractivity contribution >= 4 is 45.8 Å². The molecule has 0 aliphatic carbocycles. The summed E-state index contributed by atoms with van der Waals surface area (Å²) in [4.78, 5) is 29.0. The molecule has 33 heavy (non-hydrogen) atoms. The second kappa shape index (κ2) is 7.36. The van der Waals surface area contributed by atoms with Gasteiger partial charge in [-0.2, -0.15) is 0 Å². The predicted octanol–water partition coefficient (Wildman–Crippen LogP) is 4.67. The highest BCUT2D eigenvalue weighted by Crippen LogP contribution is 2.51. The molecule has 1 fully saturated rings. The summed E-state index contributed by atoms with van der Waals surface area (Å²) >= 11 is 2.15. The van der Waals surface area contributed by atoms with Crippen LogP contribution in [0.4, 0.5) is 15.8 Å². The van der Waals surface area contributed by atoms with E-state index in [4.69, 9.17) is 0 Å². The van der Waals surface area contributed by atoms with Gasteiger partial charge < -0.3 is 10.2 Å². The molecule has 6 rings (SSSR count). The molecule has 1 unspecified atom stereocenters. The van der Waals surface area contributed by atoms with Crippen molar-refractivity contribution in [3.05, 3.63) is 80.7 Å². The van der Waals surface area contributed by atoms with Gasteiger partial charge in [0.1, 0.15) is 11.4 Å². The van der Waals surface area contributed by atoms with Crippen LogP contribution in [0.3, 0.4) is 0 Å². The molecule has 2 amide bonds. The number of nitrogens with one attached hydrogen (secondary N) is 1. The lowest BCUT2D eigenvalue weighted by Crippen LogP contribution is -2.60. The Morgan fingerprint density at radius 3 is 2.64 bits per heavy atom.